The van der Waals surface area contributed by atoms with Crippen molar-refractivity contribution in [1.82, 2.24) is 19.9 Å². The summed E-state index contributed by atoms with van der Waals surface area (Å²) in [4.78, 5) is 27.9. The van der Waals surface area contributed by atoms with Crippen molar-refractivity contribution in [2.45, 2.75) is 18.8 Å². The van der Waals surface area contributed by atoms with E-state index in [0.717, 1.165) is 24.4 Å². The van der Waals surface area contributed by atoms with E-state index >= 15 is 0 Å². The Bertz CT molecular complexity index is 1070. The summed E-state index contributed by atoms with van der Waals surface area (Å²) in [5.41, 5.74) is 1.66. The van der Waals surface area contributed by atoms with Crippen molar-refractivity contribution < 1.29 is 14.3 Å². The zero-order valence-electron chi connectivity index (χ0n) is 17.0. The van der Waals surface area contributed by atoms with E-state index in [-0.39, 0.29) is 5.91 Å². The Balaban J connectivity index is 1.22. The van der Waals surface area contributed by atoms with Crippen LogP contribution in [0.5, 0.6) is 11.5 Å². The van der Waals surface area contributed by atoms with E-state index in [0.29, 0.717) is 55.1 Å². The van der Waals surface area contributed by atoms with Crippen molar-refractivity contribution in [2.75, 3.05) is 31.6 Å². The van der Waals surface area contributed by atoms with Gasteiger partial charge >= 0.3 is 0 Å². The van der Waals surface area contributed by atoms with Crippen LogP contribution in [0, 0.1) is 0 Å². The molecule has 3 aromatic rings. The Morgan fingerprint density at radius 1 is 1.00 bits per heavy atom. The number of rotatable bonds is 4. The number of anilines is 2. The van der Waals surface area contributed by atoms with Gasteiger partial charge in [-0.2, -0.15) is 0 Å². The van der Waals surface area contributed by atoms with Crippen LogP contribution in [0.3, 0.4) is 0 Å². The molecule has 5 rings (SSSR count). The normalized spacial score (nSPS) is 16.1. The first-order valence-electron chi connectivity index (χ1n) is 10.5. The smallest absolute Gasteiger partial charge is 0.253 e. The summed E-state index contributed by atoms with van der Waals surface area (Å²) in [5.74, 6) is 3.08. The molecule has 4 heterocycles. The lowest BCUT2D eigenvalue weighted by atomic mass is 9.92. The zero-order chi connectivity index (χ0) is 21.0. The van der Waals surface area contributed by atoms with Gasteiger partial charge in [-0.3, -0.25) is 9.78 Å². The van der Waals surface area contributed by atoms with Gasteiger partial charge in [-0.15, -0.1) is 0 Å². The molecule has 0 spiro atoms. The fourth-order valence-corrected chi connectivity index (χ4v) is 3.98. The van der Waals surface area contributed by atoms with Crippen LogP contribution < -0.4 is 14.8 Å². The number of carbonyl (C=O) groups is 1. The number of piperidine rings is 1. The number of hydrogen-bond acceptors (Lipinski definition) is 7. The monoisotopic (exact) mass is 417 g/mol. The maximum atomic E-state index is 13.0. The Morgan fingerprint density at radius 2 is 1.84 bits per heavy atom. The van der Waals surface area contributed by atoms with Crippen LogP contribution in [0.15, 0.2) is 55.0 Å². The standard InChI is InChI=1S/C23H23N5O3/c29-23(17-4-5-19-20(14-17)31-13-12-30-19)28-10-6-16(7-11-28)18-2-1-3-21(26-18)27-22-15-24-8-9-25-22/h1-5,8-9,14-16H,6-7,10-13H2,(H,25,26,27). The van der Waals surface area contributed by atoms with Crippen molar-refractivity contribution in [3.8, 4) is 11.5 Å². The van der Waals surface area contributed by atoms with Gasteiger partial charge in [0.2, 0.25) is 0 Å². The predicted octanol–water partition coefficient (Wildman–Crippen LogP) is 3.41. The summed E-state index contributed by atoms with van der Waals surface area (Å²) in [5, 5.41) is 3.19. The van der Waals surface area contributed by atoms with E-state index in [1.807, 2.05) is 35.2 Å². The van der Waals surface area contributed by atoms with Crippen LogP contribution in [-0.2, 0) is 0 Å². The highest BCUT2D eigenvalue weighted by atomic mass is 16.6. The third kappa shape index (κ3) is 4.28. The summed E-state index contributed by atoms with van der Waals surface area (Å²) in [6, 6.07) is 11.4. The van der Waals surface area contributed by atoms with Crippen LogP contribution in [0.2, 0.25) is 0 Å². The molecule has 0 radical (unpaired) electrons. The molecule has 1 amide bonds. The second-order valence-electron chi connectivity index (χ2n) is 7.59. The van der Waals surface area contributed by atoms with Crippen LogP contribution in [-0.4, -0.2) is 52.1 Å². The van der Waals surface area contributed by atoms with Crippen molar-refractivity contribution in [3.05, 3.63) is 66.2 Å². The minimum Gasteiger partial charge on any atom is -0.486 e. The van der Waals surface area contributed by atoms with E-state index in [9.17, 15) is 4.79 Å². The molecule has 0 bridgehead atoms. The lowest BCUT2D eigenvalue weighted by Gasteiger charge is -2.32. The molecule has 0 atom stereocenters. The second kappa shape index (κ2) is 8.59. The second-order valence-corrected chi connectivity index (χ2v) is 7.59. The Morgan fingerprint density at radius 3 is 2.65 bits per heavy atom. The predicted molar refractivity (Wildman–Crippen MR) is 115 cm³/mol. The lowest BCUT2D eigenvalue weighted by molar-refractivity contribution is 0.0711. The van der Waals surface area contributed by atoms with Crippen molar-refractivity contribution in [1.29, 1.82) is 0 Å². The first-order chi connectivity index (χ1) is 15.3. The Hall–Kier alpha value is -3.68. The van der Waals surface area contributed by atoms with Gasteiger partial charge in [0.05, 0.1) is 6.20 Å². The van der Waals surface area contributed by atoms with E-state index in [1.165, 1.54) is 0 Å². The summed E-state index contributed by atoms with van der Waals surface area (Å²) in [6.45, 7) is 2.44. The zero-order valence-corrected chi connectivity index (χ0v) is 17.0. The van der Waals surface area contributed by atoms with E-state index in [1.54, 1.807) is 24.7 Å². The number of carbonyl (C=O) groups excluding carboxylic acids is 1. The molecule has 1 saturated heterocycles. The van der Waals surface area contributed by atoms with Crippen molar-refractivity contribution in [2.24, 2.45) is 0 Å². The van der Waals surface area contributed by atoms with Crippen LogP contribution in [0.4, 0.5) is 11.6 Å². The molecule has 1 N–H and O–H groups in total. The Kier molecular flexibility index (Phi) is 5.35. The number of pyridine rings is 1. The molecule has 0 aliphatic carbocycles. The number of hydrogen-bond donors (Lipinski definition) is 1. The number of nitrogens with one attached hydrogen (secondary N) is 1. The molecule has 8 heteroatoms. The van der Waals surface area contributed by atoms with Crippen LogP contribution >= 0.6 is 0 Å². The fourth-order valence-electron chi connectivity index (χ4n) is 3.98. The molecule has 2 aliphatic heterocycles. The molecule has 0 unspecified atom stereocenters. The van der Waals surface area contributed by atoms with Gasteiger partial charge < -0.3 is 19.7 Å². The number of nitrogens with zero attached hydrogens (tertiary/aromatic N) is 4. The molecule has 158 valence electrons. The first-order valence-corrected chi connectivity index (χ1v) is 10.5. The molecule has 2 aliphatic rings. The Labute approximate surface area is 180 Å². The maximum Gasteiger partial charge on any atom is 0.253 e. The minimum atomic E-state index is 0.0291. The van der Waals surface area contributed by atoms with Gasteiger partial charge in [0.25, 0.3) is 5.91 Å². The van der Waals surface area contributed by atoms with E-state index in [4.69, 9.17) is 14.5 Å². The maximum absolute atomic E-state index is 13.0. The number of aromatic nitrogens is 3. The summed E-state index contributed by atoms with van der Waals surface area (Å²) in [6.07, 6.45) is 6.68. The largest absolute Gasteiger partial charge is 0.486 e. The highest BCUT2D eigenvalue weighted by molar-refractivity contribution is 5.95. The molecule has 31 heavy (non-hydrogen) atoms. The molecule has 0 saturated carbocycles. The quantitative estimate of drug-likeness (QED) is 0.696. The topological polar surface area (TPSA) is 89.5 Å². The fraction of sp³-hybridized carbons (Fsp3) is 0.304. The minimum absolute atomic E-state index is 0.0291. The number of likely N-dealkylation sites (tertiary alicyclic amines) is 1. The third-order valence-corrected chi connectivity index (χ3v) is 5.58. The SMILES string of the molecule is O=C(c1ccc2c(c1)OCCO2)N1CCC(c2cccc(Nc3cnccn3)n2)CC1. The number of fused-ring (bicyclic) bond motifs is 1. The van der Waals surface area contributed by atoms with E-state index < -0.39 is 0 Å². The molecular weight excluding hydrogens is 394 g/mol. The molecule has 1 aromatic carbocycles. The molecule has 2 aromatic heterocycles. The third-order valence-electron chi connectivity index (χ3n) is 5.58. The first kappa shape index (κ1) is 19.3. The van der Waals surface area contributed by atoms with Gasteiger partial charge in [0.15, 0.2) is 11.5 Å². The summed E-state index contributed by atoms with van der Waals surface area (Å²) < 4.78 is 11.2. The van der Waals surface area contributed by atoms with Crippen molar-refractivity contribution in [3.63, 3.8) is 0 Å². The highest BCUT2D eigenvalue weighted by Crippen LogP contribution is 2.32. The molecule has 1 fully saturated rings. The van der Waals surface area contributed by atoms with Gasteiger partial charge in [-0.25, -0.2) is 9.97 Å². The average molecular weight is 417 g/mol. The van der Waals surface area contributed by atoms with Crippen LogP contribution in [0.1, 0.15) is 34.8 Å². The highest BCUT2D eigenvalue weighted by Gasteiger charge is 2.26. The van der Waals surface area contributed by atoms with Gasteiger partial charge in [-0.05, 0) is 43.2 Å². The number of ether oxygens (including phenoxy) is 2. The van der Waals surface area contributed by atoms with Gasteiger partial charge in [-0.1, -0.05) is 6.07 Å². The summed E-state index contributed by atoms with van der Waals surface area (Å²) >= 11 is 0. The molecule has 8 nitrogen and oxygen atoms in total. The average Bonchev–Trinajstić information content (AvgIpc) is 2.84. The van der Waals surface area contributed by atoms with E-state index in [2.05, 4.69) is 15.3 Å². The number of amides is 1. The number of benzene rings is 1. The van der Waals surface area contributed by atoms with Crippen LogP contribution in [0.25, 0.3) is 0 Å². The summed E-state index contributed by atoms with van der Waals surface area (Å²) in [7, 11) is 0. The van der Waals surface area contributed by atoms with Crippen molar-refractivity contribution >= 4 is 17.5 Å². The lowest BCUT2D eigenvalue weighted by Crippen LogP contribution is -2.38. The van der Waals surface area contributed by atoms with Gasteiger partial charge in [0, 0.05) is 42.7 Å². The molecular formula is C23H23N5O3. The van der Waals surface area contributed by atoms with Gasteiger partial charge in [0.1, 0.15) is 24.8 Å².